The molecule has 1 heterocycles. The molecule has 6 nitrogen and oxygen atoms in total. The number of likely N-dealkylation sites (tertiary alicyclic amines) is 1. The predicted molar refractivity (Wildman–Crippen MR) is 93.6 cm³/mol. The zero-order valence-corrected chi connectivity index (χ0v) is 14.4. The Hall–Kier alpha value is -2.08. The van der Waals surface area contributed by atoms with Crippen molar-refractivity contribution in [2.75, 3.05) is 13.1 Å². The molecule has 6 heteroatoms. The predicted octanol–water partition coefficient (Wildman–Crippen LogP) is 3.02. The van der Waals surface area contributed by atoms with Crippen molar-refractivity contribution < 1.29 is 19.4 Å². The molecular weight excluding hydrogens is 320 g/mol. The molecule has 2 aliphatic rings. The van der Waals surface area contributed by atoms with Crippen LogP contribution >= 0.6 is 0 Å². The second-order valence-corrected chi connectivity index (χ2v) is 6.89. The summed E-state index contributed by atoms with van der Waals surface area (Å²) >= 11 is 0. The average Bonchev–Trinajstić information content (AvgIpc) is 3.13. The van der Waals surface area contributed by atoms with E-state index >= 15 is 0 Å². The van der Waals surface area contributed by atoms with E-state index in [9.17, 15) is 9.59 Å². The number of hydrogen-bond donors (Lipinski definition) is 2. The van der Waals surface area contributed by atoms with Gasteiger partial charge in [0.2, 0.25) is 0 Å². The smallest absolute Gasteiger partial charge is 0.335 e. The van der Waals surface area contributed by atoms with Crippen LogP contribution in [0.2, 0.25) is 0 Å². The van der Waals surface area contributed by atoms with Gasteiger partial charge in [-0.2, -0.15) is 0 Å². The normalized spacial score (nSPS) is 19.1. The lowest BCUT2D eigenvalue weighted by molar-refractivity contribution is -0.0338. The first-order chi connectivity index (χ1) is 12.1. The molecule has 136 valence electrons. The van der Waals surface area contributed by atoms with E-state index in [4.69, 9.17) is 9.84 Å². The van der Waals surface area contributed by atoms with E-state index in [-0.39, 0.29) is 17.7 Å². The topological polar surface area (TPSA) is 78.9 Å². The number of amides is 2. The minimum Gasteiger partial charge on any atom is -0.478 e. The number of nitrogens with one attached hydrogen (secondary N) is 1. The van der Waals surface area contributed by atoms with E-state index in [0.717, 1.165) is 31.5 Å². The molecule has 2 N–H and O–H groups in total. The van der Waals surface area contributed by atoms with Gasteiger partial charge in [-0.15, -0.1) is 0 Å². The molecule has 2 amide bonds. The quantitative estimate of drug-likeness (QED) is 0.859. The lowest BCUT2D eigenvalue weighted by Crippen LogP contribution is -2.46. The number of carbonyl (C=O) groups excluding carboxylic acids is 1. The van der Waals surface area contributed by atoms with Crippen molar-refractivity contribution in [1.82, 2.24) is 10.2 Å². The van der Waals surface area contributed by atoms with Crippen LogP contribution in [0, 0.1) is 0 Å². The number of rotatable bonds is 5. The van der Waals surface area contributed by atoms with Crippen LogP contribution in [0.15, 0.2) is 24.3 Å². The standard InChI is InChI=1S/C19H26N2O4/c22-18(23)15-7-5-14(6-8-15)13-20-19(24)21-11-9-17(10-12-21)25-16-3-1-2-4-16/h5-8,16-17H,1-4,9-13H2,(H,20,24)(H,22,23). The third kappa shape index (κ3) is 4.95. The minimum absolute atomic E-state index is 0.0679. The Morgan fingerprint density at radius 3 is 2.24 bits per heavy atom. The molecule has 1 aliphatic heterocycles. The van der Waals surface area contributed by atoms with Crippen molar-refractivity contribution in [3.63, 3.8) is 0 Å². The summed E-state index contributed by atoms with van der Waals surface area (Å²) in [6, 6.07) is 6.49. The molecule has 25 heavy (non-hydrogen) atoms. The van der Waals surface area contributed by atoms with Crippen molar-refractivity contribution >= 4 is 12.0 Å². The van der Waals surface area contributed by atoms with E-state index in [1.807, 2.05) is 4.90 Å². The number of aromatic carboxylic acids is 1. The van der Waals surface area contributed by atoms with E-state index in [1.54, 1.807) is 24.3 Å². The van der Waals surface area contributed by atoms with Crippen LogP contribution in [-0.2, 0) is 11.3 Å². The number of urea groups is 1. The summed E-state index contributed by atoms with van der Waals surface area (Å²) in [5.74, 6) is -0.946. The molecule has 1 aromatic rings. The molecule has 1 aliphatic carbocycles. The Balaban J connectivity index is 1.39. The molecular formula is C19H26N2O4. The van der Waals surface area contributed by atoms with Gasteiger partial charge in [-0.05, 0) is 43.4 Å². The Morgan fingerprint density at radius 2 is 1.64 bits per heavy atom. The number of carboxylic acids is 1. The minimum atomic E-state index is -0.946. The molecule has 1 saturated heterocycles. The summed E-state index contributed by atoms with van der Waals surface area (Å²) in [6.45, 7) is 1.85. The van der Waals surface area contributed by atoms with Crippen molar-refractivity contribution in [3.8, 4) is 0 Å². The summed E-state index contributed by atoms with van der Waals surface area (Å²) in [6.07, 6.45) is 7.44. The highest BCUT2D eigenvalue weighted by atomic mass is 16.5. The summed E-state index contributed by atoms with van der Waals surface area (Å²) in [4.78, 5) is 24.9. The first-order valence-corrected chi connectivity index (χ1v) is 9.12. The Bertz CT molecular complexity index is 588. The highest BCUT2D eigenvalue weighted by molar-refractivity contribution is 5.87. The fraction of sp³-hybridized carbons (Fsp3) is 0.579. The van der Waals surface area contributed by atoms with Gasteiger partial charge >= 0.3 is 12.0 Å². The maximum atomic E-state index is 12.3. The first-order valence-electron chi connectivity index (χ1n) is 9.12. The van der Waals surface area contributed by atoms with Gasteiger partial charge in [0.15, 0.2) is 0 Å². The molecule has 0 spiro atoms. The number of piperidine rings is 1. The van der Waals surface area contributed by atoms with E-state index < -0.39 is 5.97 Å². The van der Waals surface area contributed by atoms with Gasteiger partial charge in [0.05, 0.1) is 17.8 Å². The molecule has 1 saturated carbocycles. The van der Waals surface area contributed by atoms with E-state index in [1.165, 1.54) is 25.7 Å². The van der Waals surface area contributed by atoms with Crippen LogP contribution in [0.5, 0.6) is 0 Å². The largest absolute Gasteiger partial charge is 0.478 e. The molecule has 2 fully saturated rings. The lowest BCUT2D eigenvalue weighted by Gasteiger charge is -2.33. The fourth-order valence-corrected chi connectivity index (χ4v) is 3.55. The van der Waals surface area contributed by atoms with Crippen molar-refractivity contribution in [3.05, 3.63) is 35.4 Å². The maximum absolute atomic E-state index is 12.3. The summed E-state index contributed by atoms with van der Waals surface area (Å²) < 4.78 is 6.13. The average molecular weight is 346 g/mol. The van der Waals surface area contributed by atoms with Crippen LogP contribution in [0.4, 0.5) is 4.79 Å². The third-order valence-corrected chi connectivity index (χ3v) is 5.06. The van der Waals surface area contributed by atoms with Crippen LogP contribution in [0.3, 0.4) is 0 Å². The second kappa shape index (κ2) is 8.34. The molecule has 0 unspecified atom stereocenters. The summed E-state index contributed by atoms with van der Waals surface area (Å²) in [7, 11) is 0. The van der Waals surface area contributed by atoms with Gasteiger partial charge in [-0.25, -0.2) is 9.59 Å². The highest BCUT2D eigenvalue weighted by Crippen LogP contribution is 2.25. The highest BCUT2D eigenvalue weighted by Gasteiger charge is 2.26. The van der Waals surface area contributed by atoms with Crippen molar-refractivity contribution in [2.45, 2.75) is 57.3 Å². The van der Waals surface area contributed by atoms with Gasteiger partial charge in [0.25, 0.3) is 0 Å². The van der Waals surface area contributed by atoms with Gasteiger partial charge in [0, 0.05) is 19.6 Å². The van der Waals surface area contributed by atoms with Crippen LogP contribution in [-0.4, -0.2) is 47.3 Å². The molecule has 0 radical (unpaired) electrons. The van der Waals surface area contributed by atoms with Crippen molar-refractivity contribution in [2.24, 2.45) is 0 Å². The van der Waals surface area contributed by atoms with Gasteiger partial charge < -0.3 is 20.1 Å². The number of carbonyl (C=O) groups is 2. The Morgan fingerprint density at radius 1 is 1.04 bits per heavy atom. The van der Waals surface area contributed by atoms with Gasteiger partial charge in [-0.3, -0.25) is 0 Å². The van der Waals surface area contributed by atoms with E-state index in [0.29, 0.717) is 12.6 Å². The Labute approximate surface area is 148 Å². The molecule has 0 aromatic heterocycles. The first kappa shape index (κ1) is 17.7. The monoisotopic (exact) mass is 346 g/mol. The van der Waals surface area contributed by atoms with Crippen LogP contribution in [0.1, 0.15) is 54.4 Å². The maximum Gasteiger partial charge on any atom is 0.335 e. The van der Waals surface area contributed by atoms with E-state index in [2.05, 4.69) is 5.32 Å². The lowest BCUT2D eigenvalue weighted by atomic mass is 10.1. The number of nitrogens with zero attached hydrogens (tertiary/aromatic N) is 1. The van der Waals surface area contributed by atoms with Gasteiger partial charge in [-0.1, -0.05) is 25.0 Å². The number of benzene rings is 1. The zero-order valence-electron chi connectivity index (χ0n) is 14.4. The summed E-state index contributed by atoms with van der Waals surface area (Å²) in [5, 5.41) is 11.8. The third-order valence-electron chi connectivity index (χ3n) is 5.06. The van der Waals surface area contributed by atoms with Gasteiger partial charge in [0.1, 0.15) is 0 Å². The number of hydrogen-bond acceptors (Lipinski definition) is 3. The molecule has 0 atom stereocenters. The van der Waals surface area contributed by atoms with Crippen LogP contribution < -0.4 is 5.32 Å². The SMILES string of the molecule is O=C(O)c1ccc(CNC(=O)N2CCC(OC3CCCC3)CC2)cc1. The molecule has 3 rings (SSSR count). The second-order valence-electron chi connectivity index (χ2n) is 6.89. The Kier molecular flexibility index (Phi) is 5.91. The number of carboxylic acid groups (broad SMARTS) is 1. The fourth-order valence-electron chi connectivity index (χ4n) is 3.55. The zero-order chi connectivity index (χ0) is 17.6. The molecule has 0 bridgehead atoms. The molecule has 1 aromatic carbocycles. The van der Waals surface area contributed by atoms with Crippen LogP contribution in [0.25, 0.3) is 0 Å². The number of ether oxygens (including phenoxy) is 1. The summed E-state index contributed by atoms with van der Waals surface area (Å²) in [5.41, 5.74) is 1.14. The van der Waals surface area contributed by atoms with Crippen molar-refractivity contribution in [1.29, 1.82) is 0 Å².